The molecule has 10 heteroatoms. The van der Waals surface area contributed by atoms with Crippen molar-refractivity contribution in [2.45, 2.75) is 32.2 Å². The Morgan fingerprint density at radius 3 is 2.54 bits per heavy atom. The molecule has 2 amide bonds. The maximum atomic E-state index is 14.9. The second kappa shape index (κ2) is 11.9. The lowest BCUT2D eigenvalue weighted by molar-refractivity contribution is -0.118. The van der Waals surface area contributed by atoms with Crippen LogP contribution in [0.2, 0.25) is 0 Å². The molecule has 0 radical (unpaired) electrons. The first-order valence-electron chi connectivity index (χ1n) is 14.0. The van der Waals surface area contributed by atoms with Gasteiger partial charge >= 0.3 is 6.03 Å². The summed E-state index contributed by atoms with van der Waals surface area (Å²) in [6, 6.07) is 12.5. The molecule has 41 heavy (non-hydrogen) atoms. The first-order valence-corrected chi connectivity index (χ1v) is 14.8. The lowest BCUT2D eigenvalue weighted by Gasteiger charge is -2.34. The maximum absolute atomic E-state index is 14.9. The van der Waals surface area contributed by atoms with Crippen molar-refractivity contribution in [2.75, 3.05) is 33.2 Å². The Labute approximate surface area is 242 Å². The molecule has 212 valence electrons. The number of nitrogens with one attached hydrogen (secondary N) is 1. The number of piperazine rings is 1. The first kappa shape index (κ1) is 27.3. The number of hydrogen-bond acceptors (Lipinski definition) is 7. The Balaban J connectivity index is 1.11. The van der Waals surface area contributed by atoms with Gasteiger partial charge in [-0.1, -0.05) is 12.1 Å². The highest BCUT2D eigenvalue weighted by molar-refractivity contribution is 7.22. The number of rotatable bonds is 9. The van der Waals surface area contributed by atoms with Gasteiger partial charge < -0.3 is 15.0 Å². The minimum atomic E-state index is -0.490. The van der Waals surface area contributed by atoms with Crippen LogP contribution in [0.1, 0.15) is 30.4 Å². The van der Waals surface area contributed by atoms with E-state index in [1.54, 1.807) is 31.4 Å². The molecule has 1 aliphatic carbocycles. The van der Waals surface area contributed by atoms with Gasteiger partial charge in [-0.3, -0.25) is 19.7 Å². The fourth-order valence-electron chi connectivity index (χ4n) is 5.11. The van der Waals surface area contributed by atoms with Gasteiger partial charge in [0.1, 0.15) is 11.5 Å². The third-order valence-electron chi connectivity index (χ3n) is 7.56. The monoisotopic (exact) mass is 573 g/mol. The minimum Gasteiger partial charge on any atom is -0.453 e. The standard InChI is InChI=1S/C31H32FN5O3S/c1-33-31(39)37-12-10-36(11-13-37)19-22-4-6-25(35-18-22)29-17-26-30(41-29)28(8-9-34-26)40-27-7-5-21(16-24(27)32)15-23(38)14-20-2-3-20/h4-9,16-18,20H,2-3,10-15,19H2,1H3,(H,33,39). The zero-order valence-electron chi connectivity index (χ0n) is 22.9. The predicted octanol–water partition coefficient (Wildman–Crippen LogP) is 5.66. The highest BCUT2D eigenvalue weighted by atomic mass is 32.1. The number of fused-ring (bicyclic) bond motifs is 1. The van der Waals surface area contributed by atoms with Gasteiger partial charge in [0.25, 0.3) is 0 Å². The van der Waals surface area contributed by atoms with Crippen LogP contribution in [0.4, 0.5) is 9.18 Å². The summed E-state index contributed by atoms with van der Waals surface area (Å²) < 4.78 is 21.7. The smallest absolute Gasteiger partial charge is 0.317 e. The van der Waals surface area contributed by atoms with Crippen LogP contribution in [0.15, 0.2) is 54.9 Å². The van der Waals surface area contributed by atoms with E-state index in [0.717, 1.165) is 58.8 Å². The summed E-state index contributed by atoms with van der Waals surface area (Å²) in [5, 5.41) is 2.68. The second-order valence-corrected chi connectivity index (χ2v) is 11.8. The van der Waals surface area contributed by atoms with Crippen molar-refractivity contribution in [3.8, 4) is 22.1 Å². The summed E-state index contributed by atoms with van der Waals surface area (Å²) >= 11 is 1.50. The Morgan fingerprint density at radius 2 is 1.83 bits per heavy atom. The average Bonchev–Trinajstić information content (AvgIpc) is 3.68. The van der Waals surface area contributed by atoms with Gasteiger partial charge in [0.15, 0.2) is 11.6 Å². The molecular weight excluding hydrogens is 541 g/mol. The molecule has 8 nitrogen and oxygen atoms in total. The second-order valence-electron chi connectivity index (χ2n) is 10.7. The van der Waals surface area contributed by atoms with E-state index in [-0.39, 0.29) is 24.0 Å². The van der Waals surface area contributed by atoms with Crippen molar-refractivity contribution in [1.29, 1.82) is 0 Å². The molecule has 4 aromatic rings. The lowest BCUT2D eigenvalue weighted by atomic mass is 10.0. The largest absolute Gasteiger partial charge is 0.453 e. The van der Waals surface area contributed by atoms with Crippen LogP contribution in [-0.2, 0) is 17.8 Å². The van der Waals surface area contributed by atoms with Gasteiger partial charge in [0.2, 0.25) is 0 Å². The topological polar surface area (TPSA) is 87.7 Å². The lowest BCUT2D eigenvalue weighted by Crippen LogP contribution is -2.50. The number of pyridine rings is 2. The van der Waals surface area contributed by atoms with Gasteiger partial charge in [-0.2, -0.15) is 0 Å². The van der Waals surface area contributed by atoms with Crippen molar-refractivity contribution in [3.05, 3.63) is 71.8 Å². The number of aromatic nitrogens is 2. The number of nitrogens with zero attached hydrogens (tertiary/aromatic N) is 4. The Bertz CT molecular complexity index is 1560. The molecule has 6 rings (SSSR count). The van der Waals surface area contributed by atoms with Crippen molar-refractivity contribution in [3.63, 3.8) is 0 Å². The van der Waals surface area contributed by atoms with E-state index in [0.29, 0.717) is 36.7 Å². The Kier molecular flexibility index (Phi) is 7.93. The zero-order valence-corrected chi connectivity index (χ0v) is 23.8. The molecule has 2 aliphatic rings. The number of carbonyl (C=O) groups excluding carboxylic acids is 2. The molecule has 4 heterocycles. The third kappa shape index (κ3) is 6.55. The number of amides is 2. The van der Waals surface area contributed by atoms with E-state index < -0.39 is 5.82 Å². The Hall–Kier alpha value is -3.89. The van der Waals surface area contributed by atoms with Crippen molar-refractivity contribution in [1.82, 2.24) is 25.1 Å². The molecule has 0 bridgehead atoms. The van der Waals surface area contributed by atoms with Crippen LogP contribution in [-0.4, -0.2) is 64.8 Å². The molecule has 0 atom stereocenters. The SMILES string of the molecule is CNC(=O)N1CCN(Cc2ccc(-c3cc4nccc(Oc5ccc(CC(=O)CC6CC6)cc5F)c4s3)nc2)CC1. The van der Waals surface area contributed by atoms with Crippen LogP contribution in [0.25, 0.3) is 20.8 Å². The van der Waals surface area contributed by atoms with Crippen molar-refractivity contribution in [2.24, 2.45) is 5.92 Å². The number of Topliss-reactive ketones (excluding diaryl/α,β-unsaturated/α-hetero) is 1. The molecule has 1 saturated carbocycles. The van der Waals surface area contributed by atoms with E-state index >= 15 is 0 Å². The summed E-state index contributed by atoms with van der Waals surface area (Å²) in [4.78, 5) is 38.3. The molecule has 2 fully saturated rings. The first-order chi connectivity index (χ1) is 19.9. The van der Waals surface area contributed by atoms with Crippen molar-refractivity contribution < 1.29 is 18.7 Å². The highest BCUT2D eigenvalue weighted by Gasteiger charge is 2.24. The Morgan fingerprint density at radius 1 is 1.02 bits per heavy atom. The third-order valence-corrected chi connectivity index (χ3v) is 8.72. The molecule has 1 N–H and O–H groups in total. The number of ether oxygens (including phenoxy) is 1. The van der Waals surface area contributed by atoms with Crippen LogP contribution >= 0.6 is 11.3 Å². The summed E-state index contributed by atoms with van der Waals surface area (Å²) in [6.07, 6.45) is 6.63. The summed E-state index contributed by atoms with van der Waals surface area (Å²) in [5.74, 6) is 0.831. The van der Waals surface area contributed by atoms with Crippen LogP contribution in [0.3, 0.4) is 0 Å². The fraction of sp³-hybridized carbons (Fsp3) is 0.355. The number of benzene rings is 1. The van der Waals surface area contributed by atoms with Gasteiger partial charge in [-0.25, -0.2) is 9.18 Å². The minimum absolute atomic E-state index is 0.0304. The van der Waals surface area contributed by atoms with Crippen LogP contribution in [0, 0.1) is 11.7 Å². The van der Waals surface area contributed by atoms with E-state index in [9.17, 15) is 14.0 Å². The van der Waals surface area contributed by atoms with Gasteiger partial charge in [0.05, 0.1) is 20.8 Å². The number of thiophene rings is 1. The van der Waals surface area contributed by atoms with Crippen molar-refractivity contribution >= 4 is 33.4 Å². The predicted molar refractivity (Wildman–Crippen MR) is 157 cm³/mol. The summed E-state index contributed by atoms with van der Waals surface area (Å²) in [7, 11) is 1.66. The molecule has 1 aliphatic heterocycles. The quantitative estimate of drug-likeness (QED) is 0.278. The number of halogens is 1. The van der Waals surface area contributed by atoms with Gasteiger partial charge in [-0.05, 0) is 54.2 Å². The molecule has 1 aromatic carbocycles. The molecule has 1 saturated heterocycles. The number of carbonyl (C=O) groups is 2. The number of hydrogen-bond donors (Lipinski definition) is 1. The fourth-order valence-corrected chi connectivity index (χ4v) is 6.15. The van der Waals surface area contributed by atoms with Gasteiger partial charge in [0, 0.05) is 71.1 Å². The molecule has 0 spiro atoms. The van der Waals surface area contributed by atoms with E-state index in [2.05, 4.69) is 21.3 Å². The summed E-state index contributed by atoms with van der Waals surface area (Å²) in [5.41, 5.74) is 3.36. The average molecular weight is 574 g/mol. The van der Waals surface area contributed by atoms with Crippen LogP contribution < -0.4 is 10.1 Å². The zero-order chi connectivity index (χ0) is 28.3. The molecule has 3 aromatic heterocycles. The molecular formula is C31H32FN5O3S. The normalized spacial score (nSPS) is 15.7. The number of ketones is 1. The van der Waals surface area contributed by atoms with E-state index in [1.165, 1.54) is 17.4 Å². The summed E-state index contributed by atoms with van der Waals surface area (Å²) in [6.45, 7) is 3.83. The number of urea groups is 1. The molecule has 0 unspecified atom stereocenters. The van der Waals surface area contributed by atoms with E-state index in [1.807, 2.05) is 23.2 Å². The van der Waals surface area contributed by atoms with Gasteiger partial charge in [-0.15, -0.1) is 11.3 Å². The van der Waals surface area contributed by atoms with E-state index in [4.69, 9.17) is 9.72 Å². The van der Waals surface area contributed by atoms with Crippen LogP contribution in [0.5, 0.6) is 11.5 Å². The highest BCUT2D eigenvalue weighted by Crippen LogP contribution is 2.39. The maximum Gasteiger partial charge on any atom is 0.317 e.